The zero-order valence-corrected chi connectivity index (χ0v) is 11.8. The van der Waals surface area contributed by atoms with Gasteiger partial charge in [-0.05, 0) is 36.9 Å². The number of nitrogens with one attached hydrogen (secondary N) is 1. The van der Waals surface area contributed by atoms with Crippen LogP contribution in [-0.4, -0.2) is 27.9 Å². The smallest absolute Gasteiger partial charge is 0.225 e. The maximum absolute atomic E-state index is 5.27. The molecule has 0 aromatic carbocycles. The molecule has 17 heavy (non-hydrogen) atoms. The predicted molar refractivity (Wildman–Crippen MR) is 72.9 cm³/mol. The van der Waals surface area contributed by atoms with Crippen molar-refractivity contribution < 1.29 is 0 Å². The molecule has 1 atom stereocenters. The first-order valence-electron chi connectivity index (χ1n) is 6.53. The van der Waals surface area contributed by atoms with Gasteiger partial charge in [-0.25, -0.2) is 5.10 Å². The van der Waals surface area contributed by atoms with Crippen LogP contribution >= 0.6 is 12.2 Å². The zero-order chi connectivity index (χ0) is 12.4. The van der Waals surface area contributed by atoms with Gasteiger partial charge in [0.2, 0.25) is 5.95 Å². The van der Waals surface area contributed by atoms with Gasteiger partial charge in [0.1, 0.15) is 0 Å². The molecular formula is C12H22N4S. The Morgan fingerprint density at radius 2 is 2.29 bits per heavy atom. The maximum atomic E-state index is 5.27. The molecule has 2 rings (SSSR count). The number of hydrogen-bond acceptors (Lipinski definition) is 3. The first-order valence-corrected chi connectivity index (χ1v) is 6.94. The van der Waals surface area contributed by atoms with E-state index in [1.807, 2.05) is 0 Å². The summed E-state index contributed by atoms with van der Waals surface area (Å²) >= 11 is 5.27. The summed E-state index contributed by atoms with van der Waals surface area (Å²) in [6.45, 7) is 9.94. The van der Waals surface area contributed by atoms with Crippen LogP contribution in [0.1, 0.15) is 33.6 Å². The summed E-state index contributed by atoms with van der Waals surface area (Å²) in [6.07, 6.45) is 2.35. The molecule has 1 aliphatic rings. The molecule has 0 spiro atoms. The van der Waals surface area contributed by atoms with Gasteiger partial charge in [-0.2, -0.15) is 0 Å². The highest BCUT2D eigenvalue weighted by Crippen LogP contribution is 2.27. The molecule has 1 N–H and O–H groups in total. The van der Waals surface area contributed by atoms with Crippen molar-refractivity contribution in [1.29, 1.82) is 0 Å². The minimum absolute atomic E-state index is 0.745. The van der Waals surface area contributed by atoms with Crippen LogP contribution in [0, 0.1) is 16.6 Å². The molecule has 1 aliphatic heterocycles. The molecule has 96 valence electrons. The van der Waals surface area contributed by atoms with Crippen LogP contribution in [0.15, 0.2) is 0 Å². The Morgan fingerprint density at radius 1 is 1.53 bits per heavy atom. The van der Waals surface area contributed by atoms with Crippen molar-refractivity contribution in [2.45, 2.75) is 40.2 Å². The standard InChI is InChI=1S/C12H22N4S/c1-4-6-16-11(13-14-12(16)17)15-7-5-10(8-15)9(2)3/h9-10H,4-8H2,1-3H3,(H,14,17). The Hall–Kier alpha value is -0.840. The number of anilines is 1. The topological polar surface area (TPSA) is 36.9 Å². The Balaban J connectivity index is 2.16. The van der Waals surface area contributed by atoms with Crippen molar-refractivity contribution in [2.75, 3.05) is 18.0 Å². The molecular weight excluding hydrogens is 232 g/mol. The van der Waals surface area contributed by atoms with Gasteiger partial charge in [0.15, 0.2) is 4.77 Å². The summed E-state index contributed by atoms with van der Waals surface area (Å²) in [6, 6.07) is 0. The molecule has 0 bridgehead atoms. The van der Waals surface area contributed by atoms with Gasteiger partial charge in [-0.3, -0.25) is 4.57 Å². The van der Waals surface area contributed by atoms with Gasteiger partial charge >= 0.3 is 0 Å². The fraction of sp³-hybridized carbons (Fsp3) is 0.833. The Kier molecular flexibility index (Phi) is 3.86. The van der Waals surface area contributed by atoms with E-state index in [-0.39, 0.29) is 0 Å². The van der Waals surface area contributed by atoms with E-state index in [0.29, 0.717) is 0 Å². The molecule has 1 saturated heterocycles. The number of hydrogen-bond donors (Lipinski definition) is 1. The molecule has 0 amide bonds. The second-order valence-electron chi connectivity index (χ2n) is 5.22. The average Bonchev–Trinajstić information content (AvgIpc) is 2.87. The lowest BCUT2D eigenvalue weighted by Crippen LogP contribution is -2.24. The fourth-order valence-electron chi connectivity index (χ4n) is 2.49. The summed E-state index contributed by atoms with van der Waals surface area (Å²) < 4.78 is 2.87. The monoisotopic (exact) mass is 254 g/mol. The van der Waals surface area contributed by atoms with Crippen molar-refractivity contribution in [3.8, 4) is 0 Å². The molecule has 2 heterocycles. The first-order chi connectivity index (χ1) is 8.13. The number of H-pyrrole nitrogens is 1. The Labute approximate surface area is 108 Å². The van der Waals surface area contributed by atoms with Crippen molar-refractivity contribution in [3.05, 3.63) is 4.77 Å². The lowest BCUT2D eigenvalue weighted by Gasteiger charge is -2.19. The molecule has 0 radical (unpaired) electrons. The highest BCUT2D eigenvalue weighted by molar-refractivity contribution is 7.71. The van der Waals surface area contributed by atoms with Gasteiger partial charge in [-0.15, -0.1) is 5.10 Å². The third kappa shape index (κ3) is 2.54. The Bertz CT molecular complexity index is 420. The van der Waals surface area contributed by atoms with Gasteiger partial charge in [0, 0.05) is 19.6 Å². The molecule has 1 unspecified atom stereocenters. The summed E-state index contributed by atoms with van der Waals surface area (Å²) in [5.74, 6) is 2.57. The predicted octanol–water partition coefficient (Wildman–Crippen LogP) is 2.83. The number of nitrogens with zero attached hydrogens (tertiary/aromatic N) is 3. The summed E-state index contributed by atoms with van der Waals surface area (Å²) in [5, 5.41) is 7.30. The van der Waals surface area contributed by atoms with E-state index in [1.165, 1.54) is 6.42 Å². The van der Waals surface area contributed by atoms with E-state index in [9.17, 15) is 0 Å². The van der Waals surface area contributed by atoms with Crippen LogP contribution in [-0.2, 0) is 6.54 Å². The molecule has 5 heteroatoms. The molecule has 1 fully saturated rings. The van der Waals surface area contributed by atoms with E-state index >= 15 is 0 Å². The van der Waals surface area contributed by atoms with Crippen LogP contribution in [0.25, 0.3) is 0 Å². The number of aromatic nitrogens is 3. The molecule has 1 aromatic rings. The van der Waals surface area contributed by atoms with Crippen molar-refractivity contribution in [2.24, 2.45) is 11.8 Å². The van der Waals surface area contributed by atoms with Crippen molar-refractivity contribution in [1.82, 2.24) is 14.8 Å². The second kappa shape index (κ2) is 5.21. The van der Waals surface area contributed by atoms with E-state index in [4.69, 9.17) is 12.2 Å². The highest BCUT2D eigenvalue weighted by atomic mass is 32.1. The number of aromatic amines is 1. The quantitative estimate of drug-likeness (QED) is 0.839. The lowest BCUT2D eigenvalue weighted by molar-refractivity contribution is 0.422. The molecule has 4 nitrogen and oxygen atoms in total. The van der Waals surface area contributed by atoms with Crippen LogP contribution in [0.4, 0.5) is 5.95 Å². The molecule has 0 aliphatic carbocycles. The summed E-state index contributed by atoms with van der Waals surface area (Å²) in [4.78, 5) is 2.37. The van der Waals surface area contributed by atoms with E-state index in [1.54, 1.807) is 0 Å². The maximum Gasteiger partial charge on any atom is 0.225 e. The summed E-state index contributed by atoms with van der Waals surface area (Å²) in [7, 11) is 0. The van der Waals surface area contributed by atoms with E-state index < -0.39 is 0 Å². The molecule has 0 saturated carbocycles. The number of rotatable bonds is 4. The van der Waals surface area contributed by atoms with Gasteiger partial charge in [0.05, 0.1) is 0 Å². The van der Waals surface area contributed by atoms with E-state index in [0.717, 1.165) is 48.6 Å². The van der Waals surface area contributed by atoms with Crippen molar-refractivity contribution >= 4 is 18.2 Å². The Morgan fingerprint density at radius 3 is 2.88 bits per heavy atom. The van der Waals surface area contributed by atoms with Gasteiger partial charge < -0.3 is 4.90 Å². The van der Waals surface area contributed by atoms with Crippen LogP contribution < -0.4 is 4.90 Å². The summed E-state index contributed by atoms with van der Waals surface area (Å²) in [5.41, 5.74) is 0. The lowest BCUT2D eigenvalue weighted by atomic mass is 9.95. The van der Waals surface area contributed by atoms with Crippen LogP contribution in [0.3, 0.4) is 0 Å². The van der Waals surface area contributed by atoms with Gasteiger partial charge in [-0.1, -0.05) is 20.8 Å². The van der Waals surface area contributed by atoms with Crippen molar-refractivity contribution in [3.63, 3.8) is 0 Å². The zero-order valence-electron chi connectivity index (χ0n) is 10.9. The van der Waals surface area contributed by atoms with E-state index in [2.05, 4.69) is 40.4 Å². The largest absolute Gasteiger partial charge is 0.341 e. The highest BCUT2D eigenvalue weighted by Gasteiger charge is 2.27. The van der Waals surface area contributed by atoms with Gasteiger partial charge in [0.25, 0.3) is 0 Å². The normalized spacial score (nSPS) is 20.5. The molecule has 1 aromatic heterocycles. The minimum atomic E-state index is 0.745. The van der Waals surface area contributed by atoms with Crippen LogP contribution in [0.5, 0.6) is 0 Å². The average molecular weight is 254 g/mol. The fourth-order valence-corrected chi connectivity index (χ4v) is 2.71. The SMILES string of the molecule is CCCn1c(N2CCC(C(C)C)C2)n[nH]c1=S. The third-order valence-corrected chi connectivity index (χ3v) is 3.95. The second-order valence-corrected chi connectivity index (χ2v) is 5.61. The first kappa shape index (κ1) is 12.6. The third-order valence-electron chi connectivity index (χ3n) is 3.64. The minimum Gasteiger partial charge on any atom is -0.341 e. The van der Waals surface area contributed by atoms with Crippen LogP contribution in [0.2, 0.25) is 0 Å².